The number of hydrogen-bond acceptors (Lipinski definition) is 5. The Morgan fingerprint density at radius 2 is 1.52 bits per heavy atom. The van der Waals surface area contributed by atoms with Crippen molar-refractivity contribution in [3.8, 4) is 0 Å². The first-order valence-electron chi connectivity index (χ1n) is 8.92. The van der Waals surface area contributed by atoms with E-state index in [9.17, 15) is 25.6 Å². The van der Waals surface area contributed by atoms with Gasteiger partial charge in [0.05, 0.1) is 11.4 Å². The fourth-order valence-electron chi connectivity index (χ4n) is 3.42. The molecule has 3 rings (SSSR count). The van der Waals surface area contributed by atoms with Crippen LogP contribution in [0.2, 0.25) is 0 Å². The molecule has 8 nitrogen and oxygen atoms in total. The third kappa shape index (κ3) is 3.93. The van der Waals surface area contributed by atoms with E-state index in [0.717, 1.165) is 16.4 Å². The number of halogens is 2. The van der Waals surface area contributed by atoms with Crippen LogP contribution in [0.4, 0.5) is 8.78 Å². The molecule has 1 saturated heterocycles. The number of aromatic nitrogens is 2. The Morgan fingerprint density at radius 3 is 2.07 bits per heavy atom. The van der Waals surface area contributed by atoms with E-state index < -0.39 is 36.6 Å². The maximum Gasteiger partial charge on any atom is 0.246 e. The summed E-state index contributed by atoms with van der Waals surface area (Å²) in [6.07, 6.45) is 0.216. The lowest BCUT2D eigenvalue weighted by molar-refractivity contribution is 0.402. The zero-order valence-electron chi connectivity index (χ0n) is 16.3. The van der Waals surface area contributed by atoms with Gasteiger partial charge in [0.15, 0.2) is 0 Å². The molecule has 1 aliphatic heterocycles. The quantitative estimate of drug-likeness (QED) is 0.705. The summed E-state index contributed by atoms with van der Waals surface area (Å²) in [4.78, 5) is -0.653. The van der Waals surface area contributed by atoms with Crippen LogP contribution in [0.25, 0.3) is 0 Å². The molecular weight excluding hydrogens is 426 g/mol. The molecule has 29 heavy (non-hydrogen) atoms. The molecular formula is C17H22F2N4O4S2. The van der Waals surface area contributed by atoms with Crippen molar-refractivity contribution in [3.05, 3.63) is 41.2 Å². The van der Waals surface area contributed by atoms with E-state index in [2.05, 4.69) is 5.10 Å². The minimum absolute atomic E-state index is 0.00465. The van der Waals surface area contributed by atoms with Crippen LogP contribution in [0.5, 0.6) is 0 Å². The molecule has 160 valence electrons. The van der Waals surface area contributed by atoms with Crippen LogP contribution in [0.15, 0.2) is 28.0 Å². The third-order valence-electron chi connectivity index (χ3n) is 4.97. The van der Waals surface area contributed by atoms with Gasteiger partial charge in [-0.1, -0.05) is 0 Å². The molecule has 0 radical (unpaired) electrons. The number of rotatable bonds is 4. The highest BCUT2D eigenvalue weighted by atomic mass is 32.2. The maximum atomic E-state index is 14.0. The van der Waals surface area contributed by atoms with E-state index in [1.54, 1.807) is 20.9 Å². The Bertz CT molecular complexity index is 1150. The number of hydrogen-bond donors (Lipinski definition) is 0. The molecule has 0 N–H and O–H groups in total. The average molecular weight is 449 g/mol. The highest BCUT2D eigenvalue weighted by molar-refractivity contribution is 7.89. The van der Waals surface area contributed by atoms with Crippen LogP contribution < -0.4 is 0 Å². The van der Waals surface area contributed by atoms with Crippen molar-refractivity contribution in [2.45, 2.75) is 30.1 Å². The first kappa shape index (κ1) is 21.8. The van der Waals surface area contributed by atoms with Crippen molar-refractivity contribution in [2.24, 2.45) is 7.05 Å². The van der Waals surface area contributed by atoms with Gasteiger partial charge in [0.2, 0.25) is 20.0 Å². The Labute approximate surface area is 168 Å². The smallest absolute Gasteiger partial charge is 0.246 e. The van der Waals surface area contributed by atoms with Crippen LogP contribution in [0, 0.1) is 25.5 Å². The van der Waals surface area contributed by atoms with E-state index in [1.165, 1.54) is 8.99 Å². The molecule has 12 heteroatoms. The summed E-state index contributed by atoms with van der Waals surface area (Å²) in [6, 6.07) is 2.22. The van der Waals surface area contributed by atoms with E-state index in [-0.39, 0.29) is 37.5 Å². The van der Waals surface area contributed by atoms with Gasteiger partial charge in [-0.3, -0.25) is 4.68 Å². The third-order valence-corrected chi connectivity index (χ3v) is 9.03. The summed E-state index contributed by atoms with van der Waals surface area (Å²) < 4.78 is 83.0. The van der Waals surface area contributed by atoms with E-state index in [4.69, 9.17) is 0 Å². The predicted octanol–water partition coefficient (Wildman–Crippen LogP) is 1.40. The van der Waals surface area contributed by atoms with Crippen molar-refractivity contribution in [3.63, 3.8) is 0 Å². The Kier molecular flexibility index (Phi) is 5.82. The first-order chi connectivity index (χ1) is 13.5. The molecule has 0 atom stereocenters. The van der Waals surface area contributed by atoms with Crippen LogP contribution >= 0.6 is 0 Å². The van der Waals surface area contributed by atoms with Crippen molar-refractivity contribution >= 4 is 20.0 Å². The number of nitrogens with zero attached hydrogens (tertiary/aromatic N) is 4. The van der Waals surface area contributed by atoms with Crippen LogP contribution in [0.3, 0.4) is 0 Å². The SMILES string of the molecule is Cc1nn(C)c(C)c1S(=O)(=O)N1CCCN(S(=O)(=O)c2cc(F)ccc2F)CC1. The van der Waals surface area contributed by atoms with Gasteiger partial charge in [-0.25, -0.2) is 25.6 Å². The summed E-state index contributed by atoms with van der Waals surface area (Å²) >= 11 is 0. The lowest BCUT2D eigenvalue weighted by Gasteiger charge is -2.22. The molecule has 0 aliphatic carbocycles. The normalized spacial score (nSPS) is 17.4. The van der Waals surface area contributed by atoms with Crippen molar-refractivity contribution < 1.29 is 25.6 Å². The van der Waals surface area contributed by atoms with Crippen LogP contribution in [0.1, 0.15) is 17.8 Å². The lowest BCUT2D eigenvalue weighted by atomic mass is 10.3. The minimum Gasteiger partial charge on any atom is -0.271 e. The van der Waals surface area contributed by atoms with Gasteiger partial charge in [0.25, 0.3) is 0 Å². The van der Waals surface area contributed by atoms with Gasteiger partial charge in [0, 0.05) is 33.2 Å². The summed E-state index contributed by atoms with van der Waals surface area (Å²) in [5.74, 6) is -1.92. The number of aryl methyl sites for hydroxylation is 2. The molecule has 2 heterocycles. The number of benzene rings is 1. The van der Waals surface area contributed by atoms with Gasteiger partial charge >= 0.3 is 0 Å². The van der Waals surface area contributed by atoms with Gasteiger partial charge in [-0.05, 0) is 38.5 Å². The van der Waals surface area contributed by atoms with Gasteiger partial charge in [0.1, 0.15) is 21.4 Å². The zero-order chi connectivity index (χ0) is 21.6. The van der Waals surface area contributed by atoms with Crippen molar-refractivity contribution in [1.29, 1.82) is 0 Å². The topological polar surface area (TPSA) is 92.6 Å². The fraction of sp³-hybridized carbons (Fsp3) is 0.471. The summed E-state index contributed by atoms with van der Waals surface area (Å²) in [6.45, 7) is 3.07. The second kappa shape index (κ2) is 7.74. The summed E-state index contributed by atoms with van der Waals surface area (Å²) in [5, 5.41) is 4.13. The maximum absolute atomic E-state index is 14.0. The zero-order valence-corrected chi connectivity index (χ0v) is 17.9. The second-order valence-electron chi connectivity index (χ2n) is 6.86. The molecule has 0 saturated carbocycles. The summed E-state index contributed by atoms with van der Waals surface area (Å²) in [5.41, 5.74) is 0.846. The van der Waals surface area contributed by atoms with E-state index in [1.807, 2.05) is 0 Å². The Morgan fingerprint density at radius 1 is 0.931 bits per heavy atom. The van der Waals surface area contributed by atoms with Crippen molar-refractivity contribution in [1.82, 2.24) is 18.4 Å². The van der Waals surface area contributed by atoms with E-state index >= 15 is 0 Å². The highest BCUT2D eigenvalue weighted by Crippen LogP contribution is 2.26. The largest absolute Gasteiger partial charge is 0.271 e. The molecule has 0 unspecified atom stereocenters. The molecule has 0 spiro atoms. The monoisotopic (exact) mass is 448 g/mol. The van der Waals surface area contributed by atoms with Crippen LogP contribution in [-0.4, -0.2) is 61.4 Å². The van der Waals surface area contributed by atoms with Gasteiger partial charge < -0.3 is 0 Å². The molecule has 1 aromatic heterocycles. The predicted molar refractivity (Wildman–Crippen MR) is 101 cm³/mol. The Balaban J connectivity index is 1.88. The molecule has 0 amide bonds. The van der Waals surface area contributed by atoms with Gasteiger partial charge in [-0.15, -0.1) is 0 Å². The number of sulfonamides is 2. The molecule has 1 aromatic carbocycles. The lowest BCUT2D eigenvalue weighted by Crippen LogP contribution is -2.37. The van der Waals surface area contributed by atoms with Crippen molar-refractivity contribution in [2.75, 3.05) is 26.2 Å². The summed E-state index contributed by atoms with van der Waals surface area (Å²) in [7, 11) is -6.54. The van der Waals surface area contributed by atoms with Gasteiger partial charge in [-0.2, -0.15) is 13.7 Å². The fourth-order valence-corrected chi connectivity index (χ4v) is 6.84. The molecule has 1 aliphatic rings. The van der Waals surface area contributed by atoms with E-state index in [0.29, 0.717) is 17.5 Å². The Hall–Kier alpha value is -1.89. The first-order valence-corrected chi connectivity index (χ1v) is 11.8. The molecule has 0 bridgehead atoms. The highest BCUT2D eigenvalue weighted by Gasteiger charge is 2.35. The van der Waals surface area contributed by atoms with Crippen LogP contribution in [-0.2, 0) is 27.1 Å². The molecule has 2 aromatic rings. The molecule has 1 fully saturated rings. The minimum atomic E-state index is -4.30. The second-order valence-corrected chi connectivity index (χ2v) is 10.6. The standard InChI is InChI=1S/C17H22F2N4O4S2/c1-12-17(13(2)21(3)20-12)29(26,27)23-8-4-7-22(9-10-23)28(24,25)16-11-14(18)5-6-15(16)19/h5-6,11H,4,7-10H2,1-3H3. The average Bonchev–Trinajstić information content (AvgIpc) is 2.82.